The summed E-state index contributed by atoms with van der Waals surface area (Å²) in [5.41, 5.74) is 6.69. The summed E-state index contributed by atoms with van der Waals surface area (Å²) < 4.78 is 40.3. The Hall–Kier alpha value is -4.45. The number of aromatic nitrogens is 1. The maximum absolute atomic E-state index is 13.4. The topological polar surface area (TPSA) is 139 Å². The van der Waals surface area contributed by atoms with E-state index in [9.17, 15) is 27.6 Å². The molecule has 0 bridgehead atoms. The third-order valence-corrected chi connectivity index (χ3v) is 5.37. The van der Waals surface area contributed by atoms with Crippen molar-refractivity contribution in [2.24, 2.45) is 10.8 Å². The number of nitrogens with zero attached hydrogens (tertiary/aromatic N) is 2. The predicted octanol–water partition coefficient (Wildman–Crippen LogP) is 4.34. The molecule has 0 radical (unpaired) electrons. The van der Waals surface area contributed by atoms with Crippen molar-refractivity contribution in [1.29, 1.82) is 0 Å². The highest BCUT2D eigenvalue weighted by Gasteiger charge is 2.32. The van der Waals surface area contributed by atoms with Crippen LogP contribution in [0, 0.1) is 6.92 Å². The minimum atomic E-state index is -4.67. The summed E-state index contributed by atoms with van der Waals surface area (Å²) in [6, 6.07) is 7.60. The normalized spacial score (nSPS) is 11.3. The molecule has 0 saturated carbocycles. The number of pyridine rings is 1. The number of carbonyl (C=O) groups is 3. The smallest absolute Gasteiger partial charge is 0.355 e. The van der Waals surface area contributed by atoms with Crippen molar-refractivity contribution >= 4 is 41.3 Å². The van der Waals surface area contributed by atoms with Gasteiger partial charge in [0.25, 0.3) is 11.8 Å². The van der Waals surface area contributed by atoms with Crippen LogP contribution >= 0.6 is 11.6 Å². The molecule has 192 valence electrons. The van der Waals surface area contributed by atoms with Gasteiger partial charge < -0.3 is 16.4 Å². The molecule has 3 rings (SSSR count). The number of aryl methyl sites for hydroxylation is 1. The number of hydrogen-bond donors (Lipinski definition) is 4. The van der Waals surface area contributed by atoms with Crippen LogP contribution in [0.3, 0.4) is 0 Å². The van der Waals surface area contributed by atoms with Crippen LogP contribution in [0.5, 0.6) is 0 Å². The first kappa shape index (κ1) is 27.1. The lowest BCUT2D eigenvalue weighted by Crippen LogP contribution is -2.24. The van der Waals surface area contributed by atoms with Gasteiger partial charge in [-0.2, -0.15) is 18.3 Å². The molecule has 2 aromatic carbocycles. The minimum Gasteiger partial charge on any atom is -0.355 e. The van der Waals surface area contributed by atoms with Gasteiger partial charge >= 0.3 is 12.2 Å². The molecule has 0 saturated heterocycles. The summed E-state index contributed by atoms with van der Waals surface area (Å²) in [5.74, 6) is -1.35. The fourth-order valence-corrected chi connectivity index (χ4v) is 3.64. The number of alkyl halides is 3. The van der Waals surface area contributed by atoms with Crippen LogP contribution < -0.4 is 21.8 Å². The Bertz CT molecular complexity index is 1410. The lowest BCUT2D eigenvalue weighted by molar-refractivity contribution is -0.137. The Morgan fingerprint density at radius 2 is 1.81 bits per heavy atom. The number of amides is 4. The molecule has 0 unspecified atom stereocenters. The molecule has 0 fully saturated rings. The van der Waals surface area contributed by atoms with Gasteiger partial charge in [0, 0.05) is 24.4 Å². The van der Waals surface area contributed by atoms with Crippen LogP contribution in [0.4, 0.5) is 23.7 Å². The molecule has 3 aromatic rings. The summed E-state index contributed by atoms with van der Waals surface area (Å²) >= 11 is 6.18. The molecule has 1 heterocycles. The molecule has 5 N–H and O–H groups in total. The zero-order valence-corrected chi connectivity index (χ0v) is 20.2. The fourth-order valence-electron chi connectivity index (χ4n) is 3.42. The first-order valence-electron chi connectivity index (χ1n) is 10.5. The first-order chi connectivity index (χ1) is 17.4. The molecular formula is C24H20ClF3N6O3. The quantitative estimate of drug-likeness (QED) is 0.277. The van der Waals surface area contributed by atoms with E-state index in [-0.39, 0.29) is 33.1 Å². The average Bonchev–Trinajstić information content (AvgIpc) is 2.84. The monoisotopic (exact) mass is 532 g/mol. The molecule has 9 nitrogen and oxygen atoms in total. The molecule has 0 aliphatic heterocycles. The van der Waals surface area contributed by atoms with Gasteiger partial charge in [0.05, 0.1) is 33.7 Å². The number of hydrazone groups is 1. The van der Waals surface area contributed by atoms with Crippen LogP contribution in [0.15, 0.2) is 53.8 Å². The van der Waals surface area contributed by atoms with Gasteiger partial charge in [-0.05, 0) is 60.5 Å². The van der Waals surface area contributed by atoms with Gasteiger partial charge in [-0.1, -0.05) is 11.6 Å². The third-order valence-electron chi connectivity index (χ3n) is 5.06. The maximum Gasteiger partial charge on any atom is 0.416 e. The fraction of sp³-hybridized carbons (Fsp3) is 0.125. The number of carbonyl (C=O) groups excluding carboxylic acids is 3. The number of anilines is 1. The first-order valence-corrected chi connectivity index (χ1v) is 10.9. The third kappa shape index (κ3) is 6.41. The highest BCUT2D eigenvalue weighted by atomic mass is 35.5. The van der Waals surface area contributed by atoms with E-state index in [0.29, 0.717) is 11.1 Å². The lowest BCUT2D eigenvalue weighted by Gasteiger charge is -2.17. The van der Waals surface area contributed by atoms with Crippen LogP contribution in [0.25, 0.3) is 11.3 Å². The van der Waals surface area contributed by atoms with E-state index in [1.165, 1.54) is 37.7 Å². The molecule has 0 atom stereocenters. The molecule has 37 heavy (non-hydrogen) atoms. The number of halogens is 4. The van der Waals surface area contributed by atoms with Gasteiger partial charge in [0.15, 0.2) is 0 Å². The minimum absolute atomic E-state index is 0.0165. The summed E-state index contributed by atoms with van der Waals surface area (Å²) in [6.45, 7) is 1.60. The van der Waals surface area contributed by atoms with Crippen molar-refractivity contribution in [2.75, 3.05) is 12.4 Å². The molecule has 13 heteroatoms. The molecule has 0 aliphatic rings. The van der Waals surface area contributed by atoms with Crippen LogP contribution in [-0.2, 0) is 6.18 Å². The number of rotatable bonds is 6. The van der Waals surface area contributed by atoms with Crippen molar-refractivity contribution in [3.8, 4) is 11.3 Å². The van der Waals surface area contributed by atoms with Crippen molar-refractivity contribution in [1.82, 2.24) is 15.7 Å². The second-order valence-electron chi connectivity index (χ2n) is 7.62. The second kappa shape index (κ2) is 11.1. The van der Waals surface area contributed by atoms with Crippen LogP contribution in [-0.4, -0.2) is 36.1 Å². The summed E-state index contributed by atoms with van der Waals surface area (Å²) in [6.07, 6.45) is -2.09. The zero-order valence-electron chi connectivity index (χ0n) is 19.4. The van der Waals surface area contributed by atoms with Crippen LogP contribution in [0.1, 0.15) is 37.4 Å². The summed E-state index contributed by atoms with van der Waals surface area (Å²) in [7, 11) is 1.38. The van der Waals surface area contributed by atoms with E-state index in [1.807, 2.05) is 5.43 Å². The van der Waals surface area contributed by atoms with E-state index in [4.69, 9.17) is 17.3 Å². The molecule has 4 amide bonds. The molecular weight excluding hydrogens is 513 g/mol. The average molecular weight is 533 g/mol. The number of primary amides is 1. The number of benzene rings is 2. The van der Waals surface area contributed by atoms with Gasteiger partial charge in [-0.3, -0.25) is 14.6 Å². The number of nitrogens with two attached hydrogens (primary N) is 1. The van der Waals surface area contributed by atoms with E-state index >= 15 is 0 Å². The van der Waals surface area contributed by atoms with Gasteiger partial charge in [0.2, 0.25) is 0 Å². The largest absolute Gasteiger partial charge is 0.416 e. The Balaban J connectivity index is 2.10. The van der Waals surface area contributed by atoms with Crippen LogP contribution in [0.2, 0.25) is 5.02 Å². The summed E-state index contributed by atoms with van der Waals surface area (Å²) in [5, 5.41) is 8.76. The van der Waals surface area contributed by atoms with E-state index < -0.39 is 29.6 Å². The van der Waals surface area contributed by atoms with Crippen molar-refractivity contribution in [2.45, 2.75) is 13.1 Å². The van der Waals surface area contributed by atoms with Gasteiger partial charge in [-0.15, -0.1) is 0 Å². The van der Waals surface area contributed by atoms with Gasteiger partial charge in [-0.25, -0.2) is 10.2 Å². The Morgan fingerprint density at radius 3 is 2.43 bits per heavy atom. The Morgan fingerprint density at radius 1 is 1.08 bits per heavy atom. The van der Waals surface area contributed by atoms with E-state index in [1.54, 1.807) is 13.0 Å². The number of hydrogen-bond acceptors (Lipinski definition) is 5. The lowest BCUT2D eigenvalue weighted by atomic mass is 9.98. The maximum atomic E-state index is 13.4. The van der Waals surface area contributed by atoms with Crippen molar-refractivity contribution < 1.29 is 27.6 Å². The molecule has 0 aliphatic carbocycles. The standard InChI is InChI=1S/C24H20ClF3N6O3/c1-12-8-13(11-32-34-23(29)37)9-17(21(35)30-2)19(12)33-22(36)15-6-5-14(24(26,27)28)10-16(15)20-18(25)4-3-7-31-20/h3-11H,1-2H3,(H,30,35)(H,33,36)(H3,29,34,37)/b32-11-. The summed E-state index contributed by atoms with van der Waals surface area (Å²) in [4.78, 5) is 40.8. The second-order valence-corrected chi connectivity index (χ2v) is 8.03. The highest BCUT2D eigenvalue weighted by Crippen LogP contribution is 2.36. The van der Waals surface area contributed by atoms with Gasteiger partial charge in [0.1, 0.15) is 0 Å². The Kier molecular flexibility index (Phi) is 8.13. The van der Waals surface area contributed by atoms with Crippen molar-refractivity contribution in [3.05, 3.63) is 81.5 Å². The SMILES string of the molecule is CNC(=O)c1cc(/C=N\NC(N)=O)cc(C)c1NC(=O)c1ccc(C(F)(F)F)cc1-c1ncccc1Cl. The molecule has 1 aromatic heterocycles. The Labute approximate surface area is 213 Å². The molecule has 0 spiro atoms. The van der Waals surface area contributed by atoms with E-state index in [2.05, 4.69) is 20.7 Å². The number of nitrogens with one attached hydrogen (secondary N) is 3. The van der Waals surface area contributed by atoms with E-state index in [0.717, 1.165) is 18.2 Å². The van der Waals surface area contributed by atoms with Crippen molar-refractivity contribution in [3.63, 3.8) is 0 Å². The zero-order chi connectivity index (χ0) is 27.3. The predicted molar refractivity (Wildman–Crippen MR) is 133 cm³/mol. The number of urea groups is 1. The highest BCUT2D eigenvalue weighted by molar-refractivity contribution is 6.33.